The molecule has 0 spiro atoms. The molecule has 0 aromatic rings. The molecule has 5 heteroatoms. The van der Waals surface area contributed by atoms with E-state index in [9.17, 15) is 9.59 Å². The fraction of sp³-hybridized carbons (Fsp3) is 0.725. The van der Waals surface area contributed by atoms with Crippen LogP contribution in [0.3, 0.4) is 0 Å². The zero-order valence-corrected chi connectivity index (χ0v) is 36.9. The van der Waals surface area contributed by atoms with Crippen molar-refractivity contribution in [2.24, 2.45) is 0 Å². The minimum absolute atomic E-state index is 0.0526. The number of rotatable bonds is 42. The standard InChI is InChI=1S/C51H88O5/c1-4-7-10-13-16-18-20-22-24-26-28-30-32-34-36-38-41-44-50(52)55-48-49(47-54-46-43-40-15-12-9-6-3)56-51(53)45-42-39-37-35-33-31-29-27-25-23-21-19-17-14-11-8-5-2/h7,10,16,18,22-25,28,30,34,36,49H,4-6,8-9,11-15,17,19-21,26-27,29,31-33,35,37-48H2,1-3H3/b10-7-,18-16-,24-22-,25-23-,30-28-,36-34-. The molecule has 0 bridgehead atoms. The van der Waals surface area contributed by atoms with Crippen LogP contribution in [0.15, 0.2) is 72.9 Å². The molecule has 56 heavy (non-hydrogen) atoms. The van der Waals surface area contributed by atoms with Crippen LogP contribution in [-0.2, 0) is 23.8 Å². The van der Waals surface area contributed by atoms with Crippen molar-refractivity contribution in [2.75, 3.05) is 19.8 Å². The van der Waals surface area contributed by atoms with Crippen LogP contribution in [0.4, 0.5) is 0 Å². The van der Waals surface area contributed by atoms with Gasteiger partial charge in [-0.05, 0) is 83.5 Å². The molecule has 1 unspecified atom stereocenters. The molecule has 0 aliphatic heterocycles. The normalized spacial score (nSPS) is 12.8. The lowest BCUT2D eigenvalue weighted by atomic mass is 10.1. The van der Waals surface area contributed by atoms with E-state index in [1.54, 1.807) is 0 Å². The van der Waals surface area contributed by atoms with Gasteiger partial charge in [0.1, 0.15) is 6.61 Å². The van der Waals surface area contributed by atoms with Crippen molar-refractivity contribution >= 4 is 11.9 Å². The molecule has 0 fully saturated rings. The fourth-order valence-corrected chi connectivity index (χ4v) is 6.24. The molecule has 0 aromatic carbocycles. The first kappa shape index (κ1) is 53.3. The molecule has 322 valence electrons. The number of hydrogen-bond donors (Lipinski definition) is 0. The van der Waals surface area contributed by atoms with Crippen LogP contribution in [0, 0.1) is 0 Å². The SMILES string of the molecule is CC/C=C\C/C=C\C/C=C\C/C=C\C/C=C\CCCC(=O)OCC(COCCCCCCCC)OC(=O)CCCCCCCCC/C=C\CCCCCCCC. The molecule has 0 saturated heterocycles. The third kappa shape index (κ3) is 44.1. The van der Waals surface area contributed by atoms with E-state index in [1.807, 2.05) is 0 Å². The summed E-state index contributed by atoms with van der Waals surface area (Å²) in [7, 11) is 0. The second-order valence-electron chi connectivity index (χ2n) is 15.3. The summed E-state index contributed by atoms with van der Waals surface area (Å²) in [5.41, 5.74) is 0. The van der Waals surface area contributed by atoms with E-state index in [-0.39, 0.29) is 25.2 Å². The van der Waals surface area contributed by atoms with Crippen molar-refractivity contribution in [3.63, 3.8) is 0 Å². The molecule has 5 nitrogen and oxygen atoms in total. The highest BCUT2D eigenvalue weighted by molar-refractivity contribution is 5.70. The quantitative estimate of drug-likeness (QED) is 0.0351. The van der Waals surface area contributed by atoms with Crippen molar-refractivity contribution in [1.29, 1.82) is 0 Å². The summed E-state index contributed by atoms with van der Waals surface area (Å²) in [6.45, 7) is 7.60. The predicted molar refractivity (Wildman–Crippen MR) is 242 cm³/mol. The molecule has 1 atom stereocenters. The average Bonchev–Trinajstić information content (AvgIpc) is 3.20. The van der Waals surface area contributed by atoms with Crippen LogP contribution in [0.1, 0.15) is 213 Å². The second kappa shape index (κ2) is 46.7. The Morgan fingerprint density at radius 2 is 0.821 bits per heavy atom. The minimum atomic E-state index is -0.558. The molecular formula is C51H88O5. The number of carbonyl (C=O) groups excluding carboxylic acids is 2. The van der Waals surface area contributed by atoms with E-state index in [4.69, 9.17) is 14.2 Å². The van der Waals surface area contributed by atoms with Gasteiger partial charge in [-0.25, -0.2) is 0 Å². The van der Waals surface area contributed by atoms with Gasteiger partial charge in [0.15, 0.2) is 6.10 Å². The minimum Gasteiger partial charge on any atom is -0.462 e. The van der Waals surface area contributed by atoms with E-state index in [0.29, 0.717) is 19.4 Å². The molecule has 0 radical (unpaired) electrons. The monoisotopic (exact) mass is 781 g/mol. The number of allylic oxidation sites excluding steroid dienone is 12. The van der Waals surface area contributed by atoms with Gasteiger partial charge in [0.2, 0.25) is 0 Å². The third-order valence-corrected chi connectivity index (χ3v) is 9.73. The Morgan fingerprint density at radius 1 is 0.411 bits per heavy atom. The smallest absolute Gasteiger partial charge is 0.306 e. The zero-order chi connectivity index (χ0) is 40.7. The topological polar surface area (TPSA) is 61.8 Å². The number of ether oxygens (including phenoxy) is 3. The maximum atomic E-state index is 12.7. The Bertz CT molecular complexity index is 1020. The van der Waals surface area contributed by atoms with Crippen LogP contribution in [0.2, 0.25) is 0 Å². The average molecular weight is 781 g/mol. The summed E-state index contributed by atoms with van der Waals surface area (Å²) in [4.78, 5) is 25.2. The van der Waals surface area contributed by atoms with Gasteiger partial charge in [0.05, 0.1) is 6.61 Å². The number of esters is 2. The van der Waals surface area contributed by atoms with E-state index in [0.717, 1.165) is 77.0 Å². The lowest BCUT2D eigenvalue weighted by molar-refractivity contribution is -0.163. The Hall–Kier alpha value is -2.66. The molecule has 0 aliphatic carbocycles. The number of hydrogen-bond acceptors (Lipinski definition) is 5. The summed E-state index contributed by atoms with van der Waals surface area (Å²) in [6, 6.07) is 0. The van der Waals surface area contributed by atoms with Gasteiger partial charge in [-0.15, -0.1) is 0 Å². The molecule has 0 saturated carbocycles. The highest BCUT2D eigenvalue weighted by Gasteiger charge is 2.17. The molecule has 0 heterocycles. The fourth-order valence-electron chi connectivity index (χ4n) is 6.24. The molecule has 0 rings (SSSR count). The maximum absolute atomic E-state index is 12.7. The first-order chi connectivity index (χ1) is 27.6. The molecular weight excluding hydrogens is 693 g/mol. The summed E-state index contributed by atoms with van der Waals surface area (Å²) < 4.78 is 17.2. The maximum Gasteiger partial charge on any atom is 0.306 e. The van der Waals surface area contributed by atoms with Gasteiger partial charge in [-0.3, -0.25) is 9.59 Å². The van der Waals surface area contributed by atoms with E-state index in [2.05, 4.69) is 93.7 Å². The van der Waals surface area contributed by atoms with Crippen LogP contribution < -0.4 is 0 Å². The highest BCUT2D eigenvalue weighted by Crippen LogP contribution is 2.13. The lowest BCUT2D eigenvalue weighted by Gasteiger charge is -2.18. The number of carbonyl (C=O) groups is 2. The Balaban J connectivity index is 4.21. The molecule has 0 N–H and O–H groups in total. The zero-order valence-electron chi connectivity index (χ0n) is 36.9. The van der Waals surface area contributed by atoms with Crippen molar-refractivity contribution in [2.45, 2.75) is 219 Å². The van der Waals surface area contributed by atoms with Gasteiger partial charge < -0.3 is 14.2 Å². The van der Waals surface area contributed by atoms with Gasteiger partial charge in [0.25, 0.3) is 0 Å². The van der Waals surface area contributed by atoms with Crippen LogP contribution in [0.5, 0.6) is 0 Å². The van der Waals surface area contributed by atoms with Crippen molar-refractivity contribution < 1.29 is 23.8 Å². The van der Waals surface area contributed by atoms with Gasteiger partial charge in [-0.2, -0.15) is 0 Å². The van der Waals surface area contributed by atoms with Crippen LogP contribution >= 0.6 is 0 Å². The second-order valence-corrected chi connectivity index (χ2v) is 15.3. The van der Waals surface area contributed by atoms with Crippen molar-refractivity contribution in [3.05, 3.63) is 72.9 Å². The molecule has 0 aliphatic rings. The first-order valence-corrected chi connectivity index (χ1v) is 23.5. The summed E-state index contributed by atoms with van der Waals surface area (Å²) in [6.07, 6.45) is 59.2. The van der Waals surface area contributed by atoms with Gasteiger partial charge in [-0.1, -0.05) is 190 Å². The predicted octanol–water partition coefficient (Wildman–Crippen LogP) is 15.6. The highest BCUT2D eigenvalue weighted by atomic mass is 16.6. The largest absolute Gasteiger partial charge is 0.462 e. The Morgan fingerprint density at radius 3 is 1.36 bits per heavy atom. The summed E-state index contributed by atoms with van der Waals surface area (Å²) in [5, 5.41) is 0. The summed E-state index contributed by atoms with van der Waals surface area (Å²) in [5.74, 6) is -0.473. The van der Waals surface area contributed by atoms with E-state index >= 15 is 0 Å². The lowest BCUT2D eigenvalue weighted by Crippen LogP contribution is -2.30. The molecule has 0 aromatic heterocycles. The third-order valence-electron chi connectivity index (χ3n) is 9.73. The van der Waals surface area contributed by atoms with Crippen LogP contribution in [-0.4, -0.2) is 37.9 Å². The van der Waals surface area contributed by atoms with Gasteiger partial charge >= 0.3 is 11.9 Å². The van der Waals surface area contributed by atoms with Crippen molar-refractivity contribution in [3.8, 4) is 0 Å². The van der Waals surface area contributed by atoms with Gasteiger partial charge in [0, 0.05) is 19.4 Å². The van der Waals surface area contributed by atoms with E-state index < -0.39 is 6.10 Å². The molecule has 0 amide bonds. The van der Waals surface area contributed by atoms with E-state index in [1.165, 1.54) is 103 Å². The summed E-state index contributed by atoms with van der Waals surface area (Å²) >= 11 is 0. The van der Waals surface area contributed by atoms with Crippen LogP contribution in [0.25, 0.3) is 0 Å². The Labute approximate surface area is 347 Å². The van der Waals surface area contributed by atoms with Crippen molar-refractivity contribution in [1.82, 2.24) is 0 Å². The number of unbranched alkanes of at least 4 members (excludes halogenated alkanes) is 19. The first-order valence-electron chi connectivity index (χ1n) is 23.5. The Kier molecular flexibility index (Phi) is 44.5.